The van der Waals surface area contributed by atoms with E-state index in [2.05, 4.69) is 31.4 Å². The van der Waals surface area contributed by atoms with Gasteiger partial charge in [0.2, 0.25) is 0 Å². The number of hydrogen-bond acceptors (Lipinski definition) is 6. The number of fused-ring (bicyclic) bond motifs is 1. The summed E-state index contributed by atoms with van der Waals surface area (Å²) in [5.74, 6) is 0.738. The summed E-state index contributed by atoms with van der Waals surface area (Å²) in [6.45, 7) is 2.61. The smallest absolute Gasteiger partial charge is 0.274 e. The number of amides is 1. The van der Waals surface area contributed by atoms with Crippen molar-refractivity contribution in [3.05, 3.63) is 45.5 Å². The molecule has 0 spiro atoms. The van der Waals surface area contributed by atoms with Gasteiger partial charge in [-0.1, -0.05) is 0 Å². The summed E-state index contributed by atoms with van der Waals surface area (Å²) in [5, 5.41) is 14.9. The summed E-state index contributed by atoms with van der Waals surface area (Å²) < 4.78 is 0. The molecule has 1 N–H and O–H groups in total. The van der Waals surface area contributed by atoms with Crippen LogP contribution in [-0.4, -0.2) is 57.4 Å². The predicted octanol–water partition coefficient (Wildman–Crippen LogP) is 0.401. The Kier molecular flexibility index (Phi) is 4.17. The van der Waals surface area contributed by atoms with Crippen LogP contribution in [0.2, 0.25) is 0 Å². The van der Waals surface area contributed by atoms with Crippen LogP contribution in [0.15, 0.2) is 23.0 Å². The third-order valence-corrected chi connectivity index (χ3v) is 4.85. The molecule has 1 amide bonds. The lowest BCUT2D eigenvalue weighted by atomic mass is 9.97. The average Bonchev–Trinajstić information content (AvgIpc) is 2.68. The quantitative estimate of drug-likeness (QED) is 0.850. The summed E-state index contributed by atoms with van der Waals surface area (Å²) in [4.78, 5) is 27.4. The second kappa shape index (κ2) is 6.62. The molecule has 130 valence electrons. The molecule has 1 saturated heterocycles. The third kappa shape index (κ3) is 3.24. The van der Waals surface area contributed by atoms with Crippen LogP contribution >= 0.6 is 0 Å². The van der Waals surface area contributed by atoms with Crippen LogP contribution in [0.4, 0.5) is 5.82 Å². The van der Waals surface area contributed by atoms with Gasteiger partial charge in [-0.05, 0) is 43.4 Å². The van der Waals surface area contributed by atoms with Crippen molar-refractivity contribution >= 4 is 11.7 Å². The van der Waals surface area contributed by atoms with Gasteiger partial charge >= 0.3 is 0 Å². The first-order valence-electron chi connectivity index (χ1n) is 8.66. The molecular weight excluding hydrogens is 320 g/mol. The lowest BCUT2D eigenvalue weighted by Crippen LogP contribution is -2.49. The molecule has 0 bridgehead atoms. The second-order valence-corrected chi connectivity index (χ2v) is 6.47. The molecule has 8 nitrogen and oxygen atoms in total. The number of anilines is 1. The van der Waals surface area contributed by atoms with Gasteiger partial charge in [0, 0.05) is 32.2 Å². The number of rotatable bonds is 2. The predicted molar refractivity (Wildman–Crippen MR) is 91.6 cm³/mol. The second-order valence-electron chi connectivity index (χ2n) is 6.47. The van der Waals surface area contributed by atoms with Gasteiger partial charge in [0.1, 0.15) is 5.69 Å². The van der Waals surface area contributed by atoms with Crippen molar-refractivity contribution in [2.24, 2.45) is 0 Å². The number of nitrogens with one attached hydrogen (secondary N) is 1. The van der Waals surface area contributed by atoms with Crippen molar-refractivity contribution in [2.75, 3.05) is 31.1 Å². The summed E-state index contributed by atoms with van der Waals surface area (Å²) >= 11 is 0. The van der Waals surface area contributed by atoms with Crippen LogP contribution < -0.4 is 10.5 Å². The fourth-order valence-electron chi connectivity index (χ4n) is 3.40. The van der Waals surface area contributed by atoms with Crippen molar-refractivity contribution in [2.45, 2.75) is 25.7 Å². The maximum atomic E-state index is 12.4. The number of nitrogens with zero attached hydrogens (tertiary/aromatic N) is 5. The first kappa shape index (κ1) is 15.7. The Hall–Kier alpha value is -2.77. The van der Waals surface area contributed by atoms with E-state index in [1.165, 1.54) is 30.5 Å². The highest BCUT2D eigenvalue weighted by Crippen LogP contribution is 2.23. The molecule has 2 aromatic rings. The first-order chi connectivity index (χ1) is 12.2. The van der Waals surface area contributed by atoms with Crippen LogP contribution in [0.25, 0.3) is 0 Å². The third-order valence-electron chi connectivity index (χ3n) is 4.85. The molecule has 0 aromatic carbocycles. The monoisotopic (exact) mass is 340 g/mol. The summed E-state index contributed by atoms with van der Waals surface area (Å²) in [7, 11) is 0. The number of aryl methyl sites for hydroxylation is 2. The number of aromatic amines is 1. The van der Waals surface area contributed by atoms with Crippen molar-refractivity contribution in [3.8, 4) is 0 Å². The Morgan fingerprint density at radius 2 is 1.84 bits per heavy atom. The van der Waals surface area contributed by atoms with Gasteiger partial charge in [0.15, 0.2) is 5.82 Å². The van der Waals surface area contributed by atoms with Crippen molar-refractivity contribution < 1.29 is 4.79 Å². The SMILES string of the molecule is O=C(c1ccc(=O)[nH]n1)N1CCN(c2cc3c(nn2)CCCC3)CC1. The van der Waals surface area contributed by atoms with Crippen molar-refractivity contribution in [1.29, 1.82) is 0 Å². The topological polar surface area (TPSA) is 95.1 Å². The fraction of sp³-hybridized carbons (Fsp3) is 0.471. The lowest BCUT2D eigenvalue weighted by molar-refractivity contribution is 0.0739. The van der Waals surface area contributed by atoms with Crippen LogP contribution in [0.5, 0.6) is 0 Å². The van der Waals surface area contributed by atoms with Crippen molar-refractivity contribution in [1.82, 2.24) is 25.3 Å². The molecule has 4 rings (SSSR count). The van der Waals surface area contributed by atoms with E-state index in [1.54, 1.807) is 4.90 Å². The largest absolute Gasteiger partial charge is 0.352 e. The summed E-state index contributed by atoms with van der Waals surface area (Å²) in [6, 6.07) is 4.93. The van der Waals surface area contributed by atoms with E-state index >= 15 is 0 Å². The van der Waals surface area contributed by atoms with E-state index in [-0.39, 0.29) is 17.2 Å². The number of piperazine rings is 1. The number of carbonyl (C=O) groups is 1. The zero-order valence-corrected chi connectivity index (χ0v) is 13.9. The zero-order valence-electron chi connectivity index (χ0n) is 13.9. The number of carbonyl (C=O) groups excluding carboxylic acids is 1. The minimum Gasteiger partial charge on any atom is -0.352 e. The number of aromatic nitrogens is 4. The molecule has 25 heavy (non-hydrogen) atoms. The Morgan fingerprint density at radius 3 is 2.60 bits per heavy atom. The van der Waals surface area contributed by atoms with E-state index in [4.69, 9.17) is 0 Å². The maximum absolute atomic E-state index is 12.4. The molecular formula is C17H20N6O2. The Balaban J connectivity index is 1.42. The highest BCUT2D eigenvalue weighted by Gasteiger charge is 2.24. The van der Waals surface area contributed by atoms with Gasteiger partial charge in [-0.2, -0.15) is 10.2 Å². The summed E-state index contributed by atoms with van der Waals surface area (Å²) in [5.41, 5.74) is 2.40. The molecule has 2 aromatic heterocycles. The maximum Gasteiger partial charge on any atom is 0.274 e. The Bertz CT molecular complexity index is 821. The normalized spacial score (nSPS) is 17.3. The molecule has 1 aliphatic heterocycles. The van der Waals surface area contributed by atoms with E-state index in [9.17, 15) is 9.59 Å². The molecule has 0 unspecified atom stereocenters. The lowest BCUT2D eigenvalue weighted by Gasteiger charge is -2.35. The Labute approximate surface area is 144 Å². The van der Waals surface area contributed by atoms with Crippen LogP contribution in [0, 0.1) is 0 Å². The molecule has 1 aliphatic carbocycles. The van der Waals surface area contributed by atoms with E-state index < -0.39 is 0 Å². The highest BCUT2D eigenvalue weighted by atomic mass is 16.2. The minimum atomic E-state index is -0.313. The first-order valence-corrected chi connectivity index (χ1v) is 8.66. The van der Waals surface area contributed by atoms with Crippen LogP contribution in [-0.2, 0) is 12.8 Å². The molecule has 0 atom stereocenters. The van der Waals surface area contributed by atoms with Crippen molar-refractivity contribution in [3.63, 3.8) is 0 Å². The van der Waals surface area contributed by atoms with Gasteiger partial charge in [-0.15, -0.1) is 5.10 Å². The van der Waals surface area contributed by atoms with Gasteiger partial charge < -0.3 is 9.80 Å². The summed E-state index contributed by atoms with van der Waals surface area (Å²) in [6.07, 6.45) is 4.51. The molecule has 0 radical (unpaired) electrons. The Morgan fingerprint density at radius 1 is 1.04 bits per heavy atom. The molecule has 2 aliphatic rings. The highest BCUT2D eigenvalue weighted by molar-refractivity contribution is 5.92. The average molecular weight is 340 g/mol. The molecule has 0 saturated carbocycles. The zero-order chi connectivity index (χ0) is 17.2. The van der Waals surface area contributed by atoms with E-state index in [0.717, 1.165) is 24.4 Å². The number of hydrogen-bond donors (Lipinski definition) is 1. The van der Waals surface area contributed by atoms with Gasteiger partial charge in [0.05, 0.1) is 5.69 Å². The number of H-pyrrole nitrogens is 1. The molecule has 3 heterocycles. The van der Waals surface area contributed by atoms with Gasteiger partial charge in [0.25, 0.3) is 11.5 Å². The fourth-order valence-corrected chi connectivity index (χ4v) is 3.40. The van der Waals surface area contributed by atoms with Gasteiger partial charge in [-0.3, -0.25) is 9.59 Å². The van der Waals surface area contributed by atoms with E-state index in [0.29, 0.717) is 26.2 Å². The van der Waals surface area contributed by atoms with Gasteiger partial charge in [-0.25, -0.2) is 5.10 Å². The minimum absolute atomic E-state index is 0.160. The van der Waals surface area contributed by atoms with Crippen LogP contribution in [0.3, 0.4) is 0 Å². The molecule has 1 fully saturated rings. The van der Waals surface area contributed by atoms with E-state index in [1.807, 2.05) is 0 Å². The standard InChI is InChI=1S/C17H20N6O2/c24-16-6-5-14(19-21-16)17(25)23-9-7-22(8-10-23)15-11-12-3-1-2-4-13(12)18-20-15/h5-6,11H,1-4,7-10H2,(H,21,24). The molecule has 8 heteroatoms. The van der Waals surface area contributed by atoms with Crippen LogP contribution in [0.1, 0.15) is 34.6 Å².